The second-order valence-corrected chi connectivity index (χ2v) is 10.6. The zero-order valence-electron chi connectivity index (χ0n) is 23.2. The molecule has 1 aliphatic rings. The summed E-state index contributed by atoms with van der Waals surface area (Å²) in [5, 5.41) is 18.4. The highest BCUT2D eigenvalue weighted by molar-refractivity contribution is 8.03. The van der Waals surface area contributed by atoms with E-state index >= 15 is 0 Å². The molecule has 2 amide bonds. The van der Waals surface area contributed by atoms with Gasteiger partial charge in [-0.05, 0) is 68.4 Å². The summed E-state index contributed by atoms with van der Waals surface area (Å²) in [6.45, 7) is 3.48. The number of carbonyl (C=O) groups excluding carboxylic acids is 3. The lowest BCUT2D eigenvalue weighted by Gasteiger charge is -2.28. The number of dihydropyridines is 1. The molecular formula is C30H24ClF3N4O5S. The van der Waals surface area contributed by atoms with Crippen LogP contribution in [0.25, 0.3) is 0 Å². The van der Waals surface area contributed by atoms with E-state index < -0.39 is 35.4 Å². The predicted molar refractivity (Wildman–Crippen MR) is 158 cm³/mol. The Hall–Kier alpha value is -4.67. The highest BCUT2D eigenvalue weighted by atomic mass is 35.5. The van der Waals surface area contributed by atoms with E-state index in [-0.39, 0.29) is 50.7 Å². The summed E-state index contributed by atoms with van der Waals surface area (Å²) in [7, 11) is 0. The maximum absolute atomic E-state index is 13.5. The fraction of sp³-hybridized carbons (Fsp3) is 0.200. The Morgan fingerprint density at radius 2 is 1.86 bits per heavy atom. The Bertz CT molecular complexity index is 1680. The van der Waals surface area contributed by atoms with E-state index in [4.69, 9.17) is 20.8 Å². The van der Waals surface area contributed by atoms with Crippen LogP contribution in [0.5, 0.6) is 0 Å². The summed E-state index contributed by atoms with van der Waals surface area (Å²) in [6, 6.07) is 13.9. The predicted octanol–water partition coefficient (Wildman–Crippen LogP) is 6.84. The van der Waals surface area contributed by atoms with E-state index in [1.165, 1.54) is 18.4 Å². The first-order chi connectivity index (χ1) is 20.9. The molecule has 2 aromatic carbocycles. The minimum Gasteiger partial charge on any atom is -0.468 e. The average molecular weight is 645 g/mol. The van der Waals surface area contributed by atoms with Crippen molar-refractivity contribution in [3.05, 3.63) is 105 Å². The van der Waals surface area contributed by atoms with Crippen LogP contribution in [0.4, 0.5) is 24.5 Å². The summed E-state index contributed by atoms with van der Waals surface area (Å²) < 4.78 is 50.3. The normalized spacial score (nSPS) is 14.9. The first kappa shape index (κ1) is 32.2. The number of benzene rings is 2. The van der Waals surface area contributed by atoms with Gasteiger partial charge in [0.1, 0.15) is 5.76 Å². The topological polar surface area (TPSA) is 133 Å². The molecule has 4 rings (SSSR count). The molecule has 44 heavy (non-hydrogen) atoms. The van der Waals surface area contributed by atoms with Gasteiger partial charge in [-0.3, -0.25) is 9.59 Å². The van der Waals surface area contributed by atoms with Crippen molar-refractivity contribution in [2.75, 3.05) is 23.0 Å². The van der Waals surface area contributed by atoms with Crippen molar-refractivity contribution < 1.29 is 36.7 Å². The average Bonchev–Trinajstić information content (AvgIpc) is 3.51. The van der Waals surface area contributed by atoms with Crippen molar-refractivity contribution >= 4 is 52.5 Å². The lowest BCUT2D eigenvalue weighted by atomic mass is 9.85. The molecule has 2 heterocycles. The van der Waals surface area contributed by atoms with Crippen LogP contribution in [-0.4, -0.2) is 30.1 Å². The van der Waals surface area contributed by atoms with Crippen LogP contribution in [0.2, 0.25) is 5.02 Å². The van der Waals surface area contributed by atoms with E-state index in [0.29, 0.717) is 11.3 Å². The van der Waals surface area contributed by atoms with Crippen LogP contribution in [0.15, 0.2) is 87.1 Å². The number of esters is 1. The number of thioether (sulfide) groups is 1. The number of halogens is 4. The van der Waals surface area contributed by atoms with E-state index in [9.17, 15) is 32.8 Å². The summed E-state index contributed by atoms with van der Waals surface area (Å²) in [5.74, 6) is -2.65. The highest BCUT2D eigenvalue weighted by Gasteiger charge is 2.37. The Labute approximate surface area is 259 Å². The Morgan fingerprint density at radius 3 is 2.48 bits per heavy atom. The zero-order valence-corrected chi connectivity index (χ0v) is 24.7. The number of rotatable bonds is 9. The molecule has 1 aliphatic heterocycles. The number of amides is 2. The molecule has 0 saturated heterocycles. The number of furan rings is 1. The summed E-state index contributed by atoms with van der Waals surface area (Å²) in [5.41, 5.74) is -0.148. The molecule has 0 unspecified atom stereocenters. The van der Waals surface area contributed by atoms with Gasteiger partial charge in [0.15, 0.2) is 0 Å². The Balaban J connectivity index is 1.54. The monoisotopic (exact) mass is 644 g/mol. The molecule has 9 nitrogen and oxygen atoms in total. The minimum absolute atomic E-state index is 0.0143. The molecule has 14 heteroatoms. The molecule has 0 saturated carbocycles. The van der Waals surface area contributed by atoms with Crippen molar-refractivity contribution in [2.24, 2.45) is 0 Å². The van der Waals surface area contributed by atoms with Gasteiger partial charge in [-0.2, -0.15) is 18.4 Å². The number of hydrogen-bond acceptors (Lipinski definition) is 8. The third kappa shape index (κ3) is 7.45. The lowest BCUT2D eigenvalue weighted by molar-refractivity contribution is -0.137. The van der Waals surface area contributed by atoms with Crippen molar-refractivity contribution in [3.63, 3.8) is 0 Å². The van der Waals surface area contributed by atoms with Crippen LogP contribution < -0.4 is 16.0 Å². The molecule has 228 valence electrons. The van der Waals surface area contributed by atoms with Crippen molar-refractivity contribution in [3.8, 4) is 6.07 Å². The van der Waals surface area contributed by atoms with Crippen LogP contribution in [0, 0.1) is 11.3 Å². The number of nitrogens with zero attached hydrogens (tertiary/aromatic N) is 1. The minimum atomic E-state index is -4.66. The van der Waals surface area contributed by atoms with Gasteiger partial charge in [0.05, 0.1) is 68.6 Å². The number of allylic oxidation sites excluding steroid dienone is 2. The number of ether oxygens (including phenoxy) is 1. The fourth-order valence-electron chi connectivity index (χ4n) is 4.29. The standard InChI is InChI=1S/C30H24ClF3N4O5S/c1-3-42-29(41)17-6-9-19(10-7-17)37-24(39)15-44-28-20(14-35)26(23-5-4-12-43-23)25(16(2)36-28)27(40)38-22-13-18(30(32,33)34)8-11-21(22)31/h4-13,26,36H,3,15H2,1-2H3,(H,37,39)(H,38,40)/t26-/m1/s1. The quantitative estimate of drug-likeness (QED) is 0.216. The van der Waals surface area contributed by atoms with Crippen molar-refractivity contribution in [2.45, 2.75) is 25.9 Å². The molecule has 1 atom stereocenters. The van der Waals surface area contributed by atoms with Gasteiger partial charge in [-0.1, -0.05) is 23.4 Å². The molecular weight excluding hydrogens is 621 g/mol. The summed E-state index contributed by atoms with van der Waals surface area (Å²) in [4.78, 5) is 38.1. The molecule has 0 fully saturated rings. The van der Waals surface area contributed by atoms with Crippen LogP contribution in [-0.2, 0) is 20.5 Å². The smallest absolute Gasteiger partial charge is 0.416 e. The summed E-state index contributed by atoms with van der Waals surface area (Å²) >= 11 is 7.10. The second kappa shape index (κ2) is 13.7. The van der Waals surface area contributed by atoms with E-state index in [0.717, 1.165) is 30.0 Å². The number of nitriles is 1. The maximum Gasteiger partial charge on any atom is 0.416 e. The lowest BCUT2D eigenvalue weighted by Crippen LogP contribution is -2.31. The van der Waals surface area contributed by atoms with E-state index in [2.05, 4.69) is 22.0 Å². The molecule has 0 spiro atoms. The van der Waals surface area contributed by atoms with E-state index in [1.807, 2.05) is 0 Å². The number of alkyl halides is 3. The van der Waals surface area contributed by atoms with Gasteiger partial charge in [0, 0.05) is 11.4 Å². The molecule has 1 aromatic heterocycles. The number of hydrogen-bond donors (Lipinski definition) is 3. The first-order valence-corrected chi connectivity index (χ1v) is 14.3. The number of nitrogens with one attached hydrogen (secondary N) is 3. The van der Waals surface area contributed by atoms with Gasteiger partial charge >= 0.3 is 12.1 Å². The molecule has 3 N–H and O–H groups in total. The highest BCUT2D eigenvalue weighted by Crippen LogP contribution is 2.42. The Kier molecular flexibility index (Phi) is 10.1. The molecule has 0 radical (unpaired) electrons. The maximum atomic E-state index is 13.5. The summed E-state index contributed by atoms with van der Waals surface area (Å²) in [6.07, 6.45) is -3.31. The second-order valence-electron chi connectivity index (χ2n) is 9.25. The van der Waals surface area contributed by atoms with Crippen molar-refractivity contribution in [1.29, 1.82) is 5.26 Å². The van der Waals surface area contributed by atoms with Crippen molar-refractivity contribution in [1.82, 2.24) is 5.32 Å². The van der Waals surface area contributed by atoms with Crippen LogP contribution in [0.3, 0.4) is 0 Å². The number of anilines is 2. The molecule has 3 aromatic rings. The Morgan fingerprint density at radius 1 is 1.14 bits per heavy atom. The third-order valence-corrected chi connectivity index (χ3v) is 7.64. The number of carbonyl (C=O) groups is 3. The van der Waals surface area contributed by atoms with Gasteiger partial charge in [-0.15, -0.1) is 0 Å². The van der Waals surface area contributed by atoms with Gasteiger partial charge in [0.25, 0.3) is 5.91 Å². The SMILES string of the molecule is CCOC(=O)c1ccc(NC(=O)CSC2=C(C#N)[C@H](c3ccco3)C(C(=O)Nc3cc(C(F)(F)F)ccc3Cl)=C(C)N2)cc1. The first-order valence-electron chi connectivity index (χ1n) is 13.0. The van der Waals surface area contributed by atoms with E-state index in [1.54, 1.807) is 38.1 Å². The molecule has 0 aliphatic carbocycles. The van der Waals surface area contributed by atoms with Crippen LogP contribution >= 0.6 is 23.4 Å². The van der Waals surface area contributed by atoms with Gasteiger partial charge in [-0.25, -0.2) is 4.79 Å². The zero-order chi connectivity index (χ0) is 32.0. The molecule has 0 bridgehead atoms. The van der Waals surface area contributed by atoms with Gasteiger partial charge < -0.3 is 25.1 Å². The largest absolute Gasteiger partial charge is 0.468 e. The van der Waals surface area contributed by atoms with Gasteiger partial charge in [0.2, 0.25) is 5.91 Å². The fourth-order valence-corrected chi connectivity index (χ4v) is 5.35. The third-order valence-electron chi connectivity index (χ3n) is 6.29. The van der Waals surface area contributed by atoms with Crippen LogP contribution in [0.1, 0.15) is 41.4 Å².